The van der Waals surface area contributed by atoms with E-state index in [4.69, 9.17) is 0 Å². The summed E-state index contributed by atoms with van der Waals surface area (Å²) in [5.41, 5.74) is 0.464. The largest absolute Gasteiger partial charge is 0.416 e. The first-order chi connectivity index (χ1) is 10.9. The Bertz CT molecular complexity index is 664. The van der Waals surface area contributed by atoms with Gasteiger partial charge in [-0.1, -0.05) is 12.1 Å². The highest BCUT2D eigenvalue weighted by Gasteiger charge is 2.29. The minimum Gasteiger partial charge on any atom is -0.387 e. The summed E-state index contributed by atoms with van der Waals surface area (Å²) < 4.78 is 37.3. The molecule has 1 aromatic heterocycles. The van der Waals surface area contributed by atoms with Gasteiger partial charge in [0.2, 0.25) is 5.91 Å². The predicted octanol–water partition coefficient (Wildman–Crippen LogP) is 3.63. The average Bonchev–Trinajstić information content (AvgIpc) is 3.04. The van der Waals surface area contributed by atoms with Crippen molar-refractivity contribution in [1.82, 2.24) is 5.32 Å². The van der Waals surface area contributed by atoms with Gasteiger partial charge in [0.1, 0.15) is 0 Å². The molecular weight excluding hydrogens is 327 g/mol. The summed E-state index contributed by atoms with van der Waals surface area (Å²) in [6.45, 7) is 0.0624. The zero-order valence-corrected chi connectivity index (χ0v) is 12.7. The van der Waals surface area contributed by atoms with Crippen molar-refractivity contribution in [3.8, 4) is 0 Å². The first kappa shape index (κ1) is 17.2. The van der Waals surface area contributed by atoms with Crippen LogP contribution in [0, 0.1) is 0 Å². The fourth-order valence-electron chi connectivity index (χ4n) is 1.79. The van der Waals surface area contributed by atoms with Gasteiger partial charge in [-0.05, 0) is 46.2 Å². The summed E-state index contributed by atoms with van der Waals surface area (Å²) in [6.07, 6.45) is -2.54. The minimum atomic E-state index is -4.38. The number of halogens is 3. The molecule has 1 heterocycles. The van der Waals surface area contributed by atoms with Crippen molar-refractivity contribution in [1.29, 1.82) is 0 Å². The third kappa shape index (κ3) is 5.22. The molecule has 0 aliphatic carbocycles. The Hall–Kier alpha value is -2.12. The van der Waals surface area contributed by atoms with Gasteiger partial charge in [0.05, 0.1) is 11.7 Å². The van der Waals surface area contributed by atoms with Gasteiger partial charge in [0.25, 0.3) is 0 Å². The molecule has 0 saturated carbocycles. The Morgan fingerprint density at radius 2 is 1.96 bits per heavy atom. The number of benzene rings is 1. The Labute approximate surface area is 135 Å². The Kier molecular flexibility index (Phi) is 5.57. The molecule has 0 aliphatic heterocycles. The van der Waals surface area contributed by atoms with Crippen molar-refractivity contribution < 1.29 is 23.1 Å². The van der Waals surface area contributed by atoms with Crippen LogP contribution >= 0.6 is 11.3 Å². The molecule has 2 aromatic rings. The predicted molar refractivity (Wildman–Crippen MR) is 82.8 cm³/mol. The molecule has 3 nitrogen and oxygen atoms in total. The van der Waals surface area contributed by atoms with E-state index in [2.05, 4.69) is 5.32 Å². The summed E-state index contributed by atoms with van der Waals surface area (Å²) in [4.78, 5) is 11.6. The number of carbonyl (C=O) groups is 1. The number of amides is 1. The highest BCUT2D eigenvalue weighted by Crippen LogP contribution is 2.29. The van der Waals surface area contributed by atoms with Crippen LogP contribution in [0.25, 0.3) is 6.08 Å². The number of hydrogen-bond donors (Lipinski definition) is 2. The quantitative estimate of drug-likeness (QED) is 0.816. The van der Waals surface area contributed by atoms with E-state index in [-0.39, 0.29) is 6.54 Å². The lowest BCUT2D eigenvalue weighted by Crippen LogP contribution is -2.26. The van der Waals surface area contributed by atoms with E-state index in [0.717, 1.165) is 17.7 Å². The summed E-state index contributed by atoms with van der Waals surface area (Å²) in [7, 11) is 0. The van der Waals surface area contributed by atoms with Crippen LogP contribution in [-0.4, -0.2) is 17.6 Å². The molecule has 122 valence electrons. The molecule has 0 aliphatic rings. The maximum absolute atomic E-state index is 12.4. The number of nitrogens with one attached hydrogen (secondary N) is 1. The van der Waals surface area contributed by atoms with Gasteiger partial charge in [-0.2, -0.15) is 24.5 Å². The molecule has 1 amide bonds. The van der Waals surface area contributed by atoms with Crippen molar-refractivity contribution in [2.24, 2.45) is 0 Å². The molecule has 0 saturated heterocycles. The summed E-state index contributed by atoms with van der Waals surface area (Å²) in [5, 5.41) is 15.9. The van der Waals surface area contributed by atoms with E-state index in [1.807, 2.05) is 5.38 Å². The number of rotatable bonds is 5. The van der Waals surface area contributed by atoms with E-state index < -0.39 is 23.8 Å². The Balaban J connectivity index is 1.86. The van der Waals surface area contributed by atoms with E-state index in [9.17, 15) is 23.1 Å². The molecule has 7 heteroatoms. The van der Waals surface area contributed by atoms with Crippen molar-refractivity contribution in [3.05, 3.63) is 63.9 Å². The van der Waals surface area contributed by atoms with Crippen LogP contribution < -0.4 is 5.32 Å². The SMILES string of the molecule is O=C(/C=C/c1ccc(C(F)(F)F)cc1)NCC(O)c1ccsc1. The second-order valence-electron chi connectivity index (χ2n) is 4.77. The lowest BCUT2D eigenvalue weighted by atomic mass is 10.1. The molecule has 1 atom stereocenters. The first-order valence-electron chi connectivity index (χ1n) is 6.69. The molecule has 0 spiro atoms. The van der Waals surface area contributed by atoms with Crippen LogP contribution in [0.5, 0.6) is 0 Å². The van der Waals surface area contributed by atoms with Crippen molar-refractivity contribution in [2.75, 3.05) is 6.54 Å². The number of carbonyl (C=O) groups excluding carboxylic acids is 1. The zero-order chi connectivity index (χ0) is 16.9. The van der Waals surface area contributed by atoms with Crippen LogP contribution in [0.4, 0.5) is 13.2 Å². The van der Waals surface area contributed by atoms with E-state index in [1.54, 1.807) is 11.4 Å². The normalized spacial score (nSPS) is 13.2. The first-order valence-corrected chi connectivity index (χ1v) is 7.64. The maximum atomic E-state index is 12.4. The molecule has 2 rings (SSSR count). The lowest BCUT2D eigenvalue weighted by Gasteiger charge is -2.09. The lowest BCUT2D eigenvalue weighted by molar-refractivity contribution is -0.137. The van der Waals surface area contributed by atoms with Crippen LogP contribution in [0.1, 0.15) is 22.8 Å². The Morgan fingerprint density at radius 1 is 1.26 bits per heavy atom. The summed E-state index contributed by atoms with van der Waals surface area (Å²) in [5.74, 6) is -0.431. The smallest absolute Gasteiger partial charge is 0.387 e. The maximum Gasteiger partial charge on any atom is 0.416 e. The average molecular weight is 341 g/mol. The molecule has 0 fully saturated rings. The molecular formula is C16H14F3NO2S. The van der Waals surface area contributed by atoms with E-state index >= 15 is 0 Å². The third-order valence-electron chi connectivity index (χ3n) is 3.06. The van der Waals surface area contributed by atoms with Crippen molar-refractivity contribution in [3.63, 3.8) is 0 Å². The summed E-state index contributed by atoms with van der Waals surface area (Å²) >= 11 is 1.45. The van der Waals surface area contributed by atoms with Gasteiger partial charge >= 0.3 is 6.18 Å². The van der Waals surface area contributed by atoms with Gasteiger partial charge in [-0.3, -0.25) is 4.79 Å². The highest BCUT2D eigenvalue weighted by molar-refractivity contribution is 7.07. The molecule has 1 aromatic carbocycles. The fraction of sp³-hybridized carbons (Fsp3) is 0.188. The van der Waals surface area contributed by atoms with Crippen molar-refractivity contribution >= 4 is 23.3 Å². The number of aliphatic hydroxyl groups excluding tert-OH is 1. The molecule has 23 heavy (non-hydrogen) atoms. The Morgan fingerprint density at radius 3 is 2.52 bits per heavy atom. The van der Waals surface area contributed by atoms with Gasteiger partial charge in [0.15, 0.2) is 0 Å². The van der Waals surface area contributed by atoms with E-state index in [0.29, 0.717) is 5.56 Å². The van der Waals surface area contributed by atoms with Crippen LogP contribution in [0.2, 0.25) is 0 Å². The van der Waals surface area contributed by atoms with Gasteiger partial charge < -0.3 is 10.4 Å². The van der Waals surface area contributed by atoms with E-state index in [1.165, 1.54) is 35.6 Å². The second kappa shape index (κ2) is 7.43. The molecule has 0 bridgehead atoms. The highest BCUT2D eigenvalue weighted by atomic mass is 32.1. The van der Waals surface area contributed by atoms with Gasteiger partial charge in [-0.15, -0.1) is 0 Å². The number of thiophene rings is 1. The van der Waals surface area contributed by atoms with Crippen LogP contribution in [0.3, 0.4) is 0 Å². The monoisotopic (exact) mass is 341 g/mol. The summed E-state index contributed by atoms with van der Waals surface area (Å²) in [6, 6.07) is 6.24. The zero-order valence-electron chi connectivity index (χ0n) is 11.9. The second-order valence-corrected chi connectivity index (χ2v) is 5.55. The number of alkyl halides is 3. The molecule has 2 N–H and O–H groups in total. The fourth-order valence-corrected chi connectivity index (χ4v) is 2.50. The van der Waals surface area contributed by atoms with Gasteiger partial charge in [0, 0.05) is 12.6 Å². The number of hydrogen-bond acceptors (Lipinski definition) is 3. The van der Waals surface area contributed by atoms with Gasteiger partial charge in [-0.25, -0.2) is 0 Å². The third-order valence-corrected chi connectivity index (χ3v) is 3.76. The minimum absolute atomic E-state index is 0.0624. The van der Waals surface area contributed by atoms with Crippen LogP contribution in [-0.2, 0) is 11.0 Å². The number of aliphatic hydroxyl groups is 1. The molecule has 1 unspecified atom stereocenters. The topological polar surface area (TPSA) is 49.3 Å². The molecule has 0 radical (unpaired) electrons. The van der Waals surface area contributed by atoms with Crippen LogP contribution in [0.15, 0.2) is 47.2 Å². The van der Waals surface area contributed by atoms with Crippen molar-refractivity contribution in [2.45, 2.75) is 12.3 Å². The standard InChI is InChI=1S/C16H14F3NO2S/c17-16(18,19)13-4-1-11(2-5-13)3-6-15(22)20-9-14(21)12-7-8-23-10-12/h1-8,10,14,21H,9H2,(H,20,22)/b6-3+.